The Bertz CT molecular complexity index is 2690. The number of carbonyl (C=O) groups excluding carboxylic acids is 9. The van der Waals surface area contributed by atoms with E-state index < -0.39 is 119 Å². The maximum absolute atomic E-state index is 14.6. The Kier molecular flexibility index (Phi) is 28.1. The quantitative estimate of drug-likeness (QED) is 0.0439. The van der Waals surface area contributed by atoms with Crippen LogP contribution < -0.4 is 26.6 Å². The number of nitrogens with zero attached hydrogens (tertiary/aromatic N) is 3. The zero-order chi connectivity index (χ0) is 66.6. The van der Waals surface area contributed by atoms with Crippen LogP contribution in [0.2, 0.25) is 0 Å². The molecule has 1 aromatic carbocycles. The molecule has 3 saturated carbocycles. The number of aliphatic carboxylic acids is 1. The van der Waals surface area contributed by atoms with Crippen LogP contribution in [0.3, 0.4) is 0 Å². The van der Waals surface area contributed by atoms with Gasteiger partial charge in [-0.1, -0.05) is 88.6 Å². The summed E-state index contributed by atoms with van der Waals surface area (Å²) in [6.07, 6.45) is 11.1. The molecule has 1 radical (unpaired) electrons. The monoisotopic (exact) mass is 1420 g/mol. The van der Waals surface area contributed by atoms with Crippen molar-refractivity contribution in [1.82, 2.24) is 41.3 Å². The van der Waals surface area contributed by atoms with Gasteiger partial charge in [-0.05, 0) is 138 Å². The number of carbonyl (C=O) groups is 10. The molecule has 4 aliphatic heterocycles. The van der Waals surface area contributed by atoms with Crippen LogP contribution in [0.4, 0.5) is 9.59 Å². The number of ketones is 1. The van der Waals surface area contributed by atoms with Gasteiger partial charge in [0.1, 0.15) is 41.4 Å². The maximum atomic E-state index is 14.6. The SMILES string of the molecule is CC(C)(C)OC(=O)N[C@H](C(=O)N1CC2OC(C)(C)C[C@@H]2[C@H]1C(=O)O)C1CCCCC1.CC[CH-]I.CN(C)C(=O)[C@@H](NC(=O)CNC(=O)C(=O)C(CC1CC1)NC(=O)[C@@H]1[C@H]2CC(C)(C)OC2CN1C(=O)[C@@H](NC(=O)OC(C)(C)C)C1CCCCC1)c1ccccc1.[V]. The number of fused-ring (bicyclic) bond motifs is 2. The van der Waals surface area contributed by atoms with Crippen LogP contribution in [-0.2, 0) is 75.9 Å². The van der Waals surface area contributed by atoms with Crippen LogP contribution in [0.5, 0.6) is 0 Å². The molecular weight excluding hydrogens is 1320 g/mol. The van der Waals surface area contributed by atoms with E-state index in [-0.39, 0.29) is 85.6 Å². The van der Waals surface area contributed by atoms with Gasteiger partial charge in [0, 0.05) is 57.6 Å². The third-order valence-electron chi connectivity index (χ3n) is 17.6. The number of alkyl carbamates (subject to hydrolysis) is 2. The fraction of sp³-hybridized carbons (Fsp3) is 0.742. The van der Waals surface area contributed by atoms with Crippen molar-refractivity contribution in [3.8, 4) is 0 Å². The smallest absolute Gasteiger partial charge is 0.408 e. The van der Waals surface area contributed by atoms with Crippen molar-refractivity contribution < 1.29 is 90.6 Å². The summed E-state index contributed by atoms with van der Waals surface area (Å²) in [6.45, 7) is 20.2. The number of hydrogen-bond donors (Lipinski definition) is 6. The molecule has 0 spiro atoms. The molecule has 4 heterocycles. The van der Waals surface area contributed by atoms with Gasteiger partial charge >= 0.3 is 18.2 Å². The molecule has 10 atom stereocenters. The molecule has 509 valence electrons. The number of carboxylic acids is 1. The van der Waals surface area contributed by atoms with E-state index in [0.29, 0.717) is 18.4 Å². The third kappa shape index (κ3) is 22.3. The van der Waals surface area contributed by atoms with Crippen molar-refractivity contribution in [3.05, 3.63) is 40.3 Å². The topological polar surface area (TPSA) is 298 Å². The van der Waals surface area contributed by atoms with Crippen LogP contribution in [0.25, 0.3) is 0 Å². The van der Waals surface area contributed by atoms with Crippen LogP contribution >= 0.6 is 22.6 Å². The Morgan fingerprint density at radius 3 is 1.53 bits per heavy atom. The molecule has 4 saturated heterocycles. The molecular formula is C66H102IN8O15V-. The number of nitrogens with one attached hydrogen (secondary N) is 5. The minimum atomic E-state index is -1.20. The first-order valence-electron chi connectivity index (χ1n) is 32.4. The maximum Gasteiger partial charge on any atom is 0.408 e. The largest absolute Gasteiger partial charge is 0.480 e. The van der Waals surface area contributed by atoms with Crippen molar-refractivity contribution in [1.29, 1.82) is 0 Å². The molecule has 7 aliphatic rings. The summed E-state index contributed by atoms with van der Waals surface area (Å²) in [5.74, 6) is -6.04. The minimum Gasteiger partial charge on any atom is -0.480 e. The van der Waals surface area contributed by atoms with Gasteiger partial charge in [-0.3, -0.25) is 38.0 Å². The second kappa shape index (κ2) is 33.4. The van der Waals surface area contributed by atoms with Crippen molar-refractivity contribution >= 4 is 82.0 Å². The summed E-state index contributed by atoms with van der Waals surface area (Å²) in [5, 5.41) is 23.4. The second-order valence-electron chi connectivity index (χ2n) is 28.8. The summed E-state index contributed by atoms with van der Waals surface area (Å²) >= 11 is 2.23. The van der Waals surface area contributed by atoms with Gasteiger partial charge in [0.2, 0.25) is 35.3 Å². The standard InChI is InChI=1S/C41H60N6O9.C22H36N2O6.C3H6I.V/c1-40(2,3)56-39(54)45-32(26-16-12-9-13-17-26)38(53)47-23-29-27(21-41(4,5)55-29)33(47)35(50)43-28(20-24-18-19-24)34(49)36(51)42-22-30(48)44-31(37(52)46(6)7)25-14-10-8-11-15-25;1-21(2,3)30-20(28)23-16(13-9-7-6-8-10-13)18(25)24-12-15-14(17(24)19(26)27)11-22(4,5)29-15;1-2-3-4;/h8,10-11,14-15,24,26-29,31-33H,9,12-13,16-23H2,1-7H3,(H,42,51)(H,43,50)(H,44,48)(H,45,54);13-17H,6-12H2,1-5H3,(H,23,28)(H,26,27);3H,2H2,1H3;/q;;-1;/t27-,28?,29?,31-,32-,33-;14-,15?,16-,17-;;/m00../s1. The van der Waals surface area contributed by atoms with E-state index in [9.17, 15) is 53.1 Å². The van der Waals surface area contributed by atoms with Gasteiger partial charge in [-0.2, -0.15) is 6.42 Å². The predicted octanol–water partition coefficient (Wildman–Crippen LogP) is 7.70. The summed E-state index contributed by atoms with van der Waals surface area (Å²) < 4.78 is 25.4. The molecule has 6 N–H and O–H groups in total. The van der Waals surface area contributed by atoms with E-state index in [1.165, 1.54) is 21.1 Å². The van der Waals surface area contributed by atoms with Crippen molar-refractivity contribution in [2.45, 2.75) is 250 Å². The Labute approximate surface area is 563 Å². The molecule has 0 aromatic heterocycles. The van der Waals surface area contributed by atoms with Gasteiger partial charge in [-0.15, -0.1) is 0 Å². The number of amides is 8. The van der Waals surface area contributed by atoms with Crippen molar-refractivity contribution in [2.75, 3.05) is 33.7 Å². The zero-order valence-electron chi connectivity index (χ0n) is 55.7. The van der Waals surface area contributed by atoms with E-state index in [1.807, 2.05) is 27.7 Å². The average Bonchev–Trinajstić information content (AvgIpc) is 1.75. The first-order chi connectivity index (χ1) is 42.1. The number of rotatable bonds is 19. The number of halogens is 1. The van der Waals surface area contributed by atoms with Gasteiger partial charge in [0.05, 0.1) is 36.0 Å². The van der Waals surface area contributed by atoms with Crippen LogP contribution in [-0.4, -0.2) is 178 Å². The van der Waals surface area contributed by atoms with Gasteiger partial charge in [0.25, 0.3) is 5.91 Å². The first-order valence-corrected chi connectivity index (χ1v) is 33.7. The summed E-state index contributed by atoms with van der Waals surface area (Å²) in [7, 11) is 3.13. The zero-order valence-corrected chi connectivity index (χ0v) is 59.3. The molecule has 25 heteroatoms. The summed E-state index contributed by atoms with van der Waals surface area (Å²) in [4.78, 5) is 137. The normalized spacial score (nSPS) is 24.6. The van der Waals surface area contributed by atoms with E-state index >= 15 is 0 Å². The van der Waals surface area contributed by atoms with Gasteiger partial charge in [-0.25, -0.2) is 14.4 Å². The number of likely N-dealkylation sites (tertiary alicyclic amines) is 2. The summed E-state index contributed by atoms with van der Waals surface area (Å²) in [5.41, 5.74) is -1.86. The molecule has 3 aliphatic carbocycles. The fourth-order valence-electron chi connectivity index (χ4n) is 13.6. The van der Waals surface area contributed by atoms with Crippen LogP contribution in [0.1, 0.15) is 190 Å². The molecule has 7 fully saturated rings. The molecule has 0 bridgehead atoms. The van der Waals surface area contributed by atoms with Gasteiger partial charge in [0.15, 0.2) is 0 Å². The first kappa shape index (κ1) is 76.7. The Balaban J connectivity index is 0.000000360. The molecule has 91 heavy (non-hydrogen) atoms. The average molecular weight is 1430 g/mol. The molecule has 8 amide bonds. The van der Waals surface area contributed by atoms with E-state index in [0.717, 1.165) is 77.0 Å². The Morgan fingerprint density at radius 2 is 1.12 bits per heavy atom. The number of hydrogen-bond acceptors (Lipinski definition) is 14. The molecule has 8 rings (SSSR count). The molecule has 1 aromatic rings. The van der Waals surface area contributed by atoms with Crippen molar-refractivity contribution in [3.63, 3.8) is 0 Å². The summed E-state index contributed by atoms with van der Waals surface area (Å²) in [6, 6.07) is 2.79. The van der Waals surface area contributed by atoms with E-state index in [1.54, 1.807) is 86.0 Å². The van der Waals surface area contributed by atoms with Crippen LogP contribution in [0.15, 0.2) is 30.3 Å². The van der Waals surface area contributed by atoms with Gasteiger partial charge < -0.3 is 87.9 Å². The third-order valence-corrected chi connectivity index (χ3v) is 18.5. The van der Waals surface area contributed by atoms with E-state index in [4.69, 9.17) is 18.9 Å². The molecule has 3 unspecified atom stereocenters. The Morgan fingerprint density at radius 1 is 0.681 bits per heavy atom. The molecule has 23 nitrogen and oxygen atoms in total. The van der Waals surface area contributed by atoms with Crippen LogP contribution in [0, 0.1) is 34.0 Å². The fourth-order valence-corrected chi connectivity index (χ4v) is 13.6. The number of likely N-dealkylation sites (N-methyl/N-ethyl adjacent to an activating group) is 1. The second-order valence-corrected chi connectivity index (χ2v) is 29.7. The minimum absolute atomic E-state index is 0. The number of ether oxygens (including phenoxy) is 4. The van der Waals surface area contributed by atoms with E-state index in [2.05, 4.69) is 60.5 Å². The number of Topliss-reactive ketones (excluding diaryl/α,β-unsaturated/α-hetero) is 1. The Hall–Kier alpha value is -5.05. The number of carboxylic acid groups (broad SMARTS) is 1. The number of benzene rings is 1. The predicted molar refractivity (Wildman–Crippen MR) is 344 cm³/mol. The van der Waals surface area contributed by atoms with Crippen molar-refractivity contribution in [2.24, 2.45) is 29.6 Å².